The molecule has 1 aliphatic heterocycles. The van der Waals surface area contributed by atoms with Gasteiger partial charge in [-0.1, -0.05) is 11.3 Å². The summed E-state index contributed by atoms with van der Waals surface area (Å²) in [7, 11) is 0. The molecule has 28 heavy (non-hydrogen) atoms. The predicted octanol–water partition coefficient (Wildman–Crippen LogP) is 2.93. The summed E-state index contributed by atoms with van der Waals surface area (Å²) in [5.74, 6) is -0.714. The fourth-order valence-electron chi connectivity index (χ4n) is 3.25. The number of rotatable bonds is 4. The third-order valence-electron chi connectivity index (χ3n) is 4.75. The van der Waals surface area contributed by atoms with Gasteiger partial charge >= 0.3 is 0 Å². The third-order valence-corrected chi connectivity index (χ3v) is 5.85. The lowest BCUT2D eigenvalue weighted by Gasteiger charge is -2.25. The molecule has 1 saturated heterocycles. The molecule has 1 N–H and O–H groups in total. The van der Waals surface area contributed by atoms with Gasteiger partial charge in [-0.3, -0.25) is 14.2 Å². The highest BCUT2D eigenvalue weighted by atomic mass is 32.1. The first kappa shape index (κ1) is 18.5. The number of carbonyl (C=O) groups is 1. The van der Waals surface area contributed by atoms with Crippen LogP contribution in [0.25, 0.3) is 10.3 Å². The number of amides is 1. The van der Waals surface area contributed by atoms with E-state index in [4.69, 9.17) is 0 Å². The molecular formula is C19H20FN5O2S. The van der Waals surface area contributed by atoms with Crippen LogP contribution >= 0.6 is 11.3 Å². The zero-order valence-electron chi connectivity index (χ0n) is 15.4. The predicted molar refractivity (Wildman–Crippen MR) is 108 cm³/mol. The van der Waals surface area contributed by atoms with Crippen molar-refractivity contribution >= 4 is 38.4 Å². The van der Waals surface area contributed by atoms with Crippen molar-refractivity contribution in [2.24, 2.45) is 0 Å². The lowest BCUT2D eigenvalue weighted by Crippen LogP contribution is -2.29. The van der Waals surface area contributed by atoms with Gasteiger partial charge in [-0.2, -0.15) is 4.98 Å². The van der Waals surface area contributed by atoms with Crippen LogP contribution in [0.1, 0.15) is 24.8 Å². The van der Waals surface area contributed by atoms with Crippen molar-refractivity contribution < 1.29 is 9.18 Å². The van der Waals surface area contributed by atoms with E-state index in [1.165, 1.54) is 40.8 Å². The molecule has 0 saturated carbocycles. The molecule has 7 nitrogen and oxygen atoms in total. The number of thiazole rings is 1. The molecule has 0 bridgehead atoms. The smallest absolute Gasteiger partial charge is 0.273 e. The Bertz CT molecular complexity index is 1090. The van der Waals surface area contributed by atoms with E-state index in [-0.39, 0.29) is 23.8 Å². The molecule has 0 unspecified atom stereocenters. The summed E-state index contributed by atoms with van der Waals surface area (Å²) >= 11 is 1.32. The highest BCUT2D eigenvalue weighted by Gasteiger charge is 2.18. The van der Waals surface area contributed by atoms with E-state index in [9.17, 15) is 14.0 Å². The molecule has 0 atom stereocenters. The molecule has 146 valence electrons. The summed E-state index contributed by atoms with van der Waals surface area (Å²) < 4.78 is 15.1. The molecule has 4 rings (SSSR count). The summed E-state index contributed by atoms with van der Waals surface area (Å²) in [6.07, 6.45) is 4.81. The number of hydrogen-bond donors (Lipinski definition) is 1. The maximum atomic E-state index is 13.3. The van der Waals surface area contributed by atoms with Crippen molar-refractivity contribution in [2.75, 3.05) is 23.3 Å². The Labute approximate surface area is 164 Å². The molecule has 1 amide bonds. The zero-order valence-corrected chi connectivity index (χ0v) is 16.3. The van der Waals surface area contributed by atoms with Crippen LogP contribution in [0.15, 0.2) is 29.3 Å². The van der Waals surface area contributed by atoms with Crippen LogP contribution in [0.3, 0.4) is 0 Å². The molecule has 3 aromatic rings. The van der Waals surface area contributed by atoms with E-state index in [1.54, 1.807) is 13.0 Å². The number of halogens is 1. The Morgan fingerprint density at radius 2 is 2.07 bits per heavy atom. The lowest BCUT2D eigenvalue weighted by atomic mass is 10.1. The van der Waals surface area contributed by atoms with Gasteiger partial charge in [0.15, 0.2) is 10.8 Å². The van der Waals surface area contributed by atoms with Crippen LogP contribution < -0.4 is 15.8 Å². The van der Waals surface area contributed by atoms with Gasteiger partial charge in [0.2, 0.25) is 5.91 Å². The molecule has 9 heteroatoms. The first-order valence-corrected chi connectivity index (χ1v) is 10.00. The summed E-state index contributed by atoms with van der Waals surface area (Å²) in [5, 5.41) is 3.49. The fraction of sp³-hybridized carbons (Fsp3) is 0.368. The number of benzene rings is 1. The van der Waals surface area contributed by atoms with E-state index < -0.39 is 0 Å². The monoisotopic (exact) mass is 401 g/mol. The Kier molecular flexibility index (Phi) is 5.08. The van der Waals surface area contributed by atoms with E-state index >= 15 is 0 Å². The largest absolute Gasteiger partial charge is 0.348 e. The Morgan fingerprint density at radius 1 is 1.29 bits per heavy atom. The van der Waals surface area contributed by atoms with Crippen molar-refractivity contribution in [3.8, 4) is 0 Å². The second kappa shape index (κ2) is 7.67. The van der Waals surface area contributed by atoms with E-state index in [0.717, 1.165) is 31.1 Å². The van der Waals surface area contributed by atoms with Crippen molar-refractivity contribution in [3.05, 3.63) is 46.3 Å². The molecule has 1 aliphatic rings. The highest BCUT2D eigenvalue weighted by molar-refractivity contribution is 7.22. The van der Waals surface area contributed by atoms with Crippen LogP contribution in [-0.4, -0.2) is 33.5 Å². The molecular weight excluding hydrogens is 381 g/mol. The number of nitrogens with zero attached hydrogens (tertiary/aromatic N) is 4. The molecule has 0 radical (unpaired) electrons. The van der Waals surface area contributed by atoms with Crippen LogP contribution in [0, 0.1) is 12.7 Å². The lowest BCUT2D eigenvalue weighted by molar-refractivity contribution is -0.116. The van der Waals surface area contributed by atoms with Crippen molar-refractivity contribution in [1.82, 2.24) is 14.5 Å². The number of fused-ring (bicyclic) bond motifs is 1. The highest BCUT2D eigenvalue weighted by Crippen LogP contribution is 2.27. The van der Waals surface area contributed by atoms with Gasteiger partial charge in [0.05, 0.1) is 0 Å². The van der Waals surface area contributed by atoms with E-state index in [2.05, 4.69) is 20.2 Å². The summed E-state index contributed by atoms with van der Waals surface area (Å²) in [6, 6.07) is 4.33. The Morgan fingerprint density at radius 3 is 2.82 bits per heavy atom. The maximum absolute atomic E-state index is 13.3. The topological polar surface area (TPSA) is 80.1 Å². The average Bonchev–Trinajstić information content (AvgIpc) is 3.13. The quantitative estimate of drug-likeness (QED) is 0.727. The van der Waals surface area contributed by atoms with Crippen LogP contribution in [0.5, 0.6) is 0 Å². The summed E-state index contributed by atoms with van der Waals surface area (Å²) in [6.45, 7) is 3.33. The van der Waals surface area contributed by atoms with Gasteiger partial charge in [-0.05, 0) is 49.9 Å². The van der Waals surface area contributed by atoms with Gasteiger partial charge < -0.3 is 10.2 Å². The second-order valence-corrected chi connectivity index (χ2v) is 7.86. The van der Waals surface area contributed by atoms with E-state index in [1.807, 2.05) is 0 Å². The number of aromatic nitrogens is 3. The maximum Gasteiger partial charge on any atom is 0.273 e. The number of piperidine rings is 1. The summed E-state index contributed by atoms with van der Waals surface area (Å²) in [5.41, 5.74) is 1.06. The number of anilines is 2. The number of carbonyl (C=O) groups excluding carboxylic acids is 1. The molecule has 1 fully saturated rings. The van der Waals surface area contributed by atoms with Gasteiger partial charge in [0, 0.05) is 18.8 Å². The SMILES string of the molecule is Cc1cc(NC(=O)Cn2cnc3nc(N4CCCCC4)sc3c2=O)ccc1F. The van der Waals surface area contributed by atoms with Crippen LogP contribution in [-0.2, 0) is 11.3 Å². The van der Waals surface area contributed by atoms with Crippen LogP contribution in [0.2, 0.25) is 0 Å². The first-order valence-electron chi connectivity index (χ1n) is 9.18. The Balaban J connectivity index is 1.53. The van der Waals surface area contributed by atoms with Gasteiger partial charge in [-0.25, -0.2) is 9.37 Å². The van der Waals surface area contributed by atoms with Gasteiger partial charge in [0.25, 0.3) is 5.56 Å². The minimum atomic E-state index is -0.380. The number of hydrogen-bond acceptors (Lipinski definition) is 6. The standard InChI is InChI=1S/C19H20FN5O2S/c1-12-9-13(5-6-14(12)20)22-15(26)10-25-11-21-17-16(18(25)27)28-19(23-17)24-7-3-2-4-8-24/h5-6,9,11H,2-4,7-8,10H2,1H3,(H,22,26). The van der Waals surface area contributed by atoms with Crippen molar-refractivity contribution in [2.45, 2.75) is 32.7 Å². The molecule has 1 aromatic carbocycles. The minimum absolute atomic E-state index is 0.171. The molecule has 2 aromatic heterocycles. The summed E-state index contributed by atoms with van der Waals surface area (Å²) in [4.78, 5) is 36.0. The van der Waals surface area contributed by atoms with Crippen LogP contribution in [0.4, 0.5) is 15.2 Å². The second-order valence-electron chi connectivity index (χ2n) is 6.89. The van der Waals surface area contributed by atoms with Crippen molar-refractivity contribution in [1.29, 1.82) is 0 Å². The van der Waals surface area contributed by atoms with Gasteiger partial charge in [0.1, 0.15) is 23.4 Å². The number of nitrogens with one attached hydrogen (secondary N) is 1. The minimum Gasteiger partial charge on any atom is -0.348 e. The Hall–Kier alpha value is -2.81. The van der Waals surface area contributed by atoms with Crippen molar-refractivity contribution in [3.63, 3.8) is 0 Å². The number of aryl methyl sites for hydroxylation is 1. The average molecular weight is 401 g/mol. The first-order chi connectivity index (χ1) is 13.5. The molecule has 0 aliphatic carbocycles. The fourth-order valence-corrected chi connectivity index (χ4v) is 4.27. The van der Waals surface area contributed by atoms with E-state index in [0.29, 0.717) is 21.6 Å². The molecule has 0 spiro atoms. The van der Waals surface area contributed by atoms with Gasteiger partial charge in [-0.15, -0.1) is 0 Å². The third kappa shape index (κ3) is 3.75. The molecule has 3 heterocycles. The normalized spacial score (nSPS) is 14.4. The zero-order chi connectivity index (χ0) is 19.7.